The van der Waals surface area contributed by atoms with Crippen LogP contribution in [0.15, 0.2) is 35.4 Å². The van der Waals surface area contributed by atoms with E-state index in [2.05, 4.69) is 15.0 Å². The maximum atomic E-state index is 11.9. The Morgan fingerprint density at radius 2 is 2.35 bits per heavy atom. The van der Waals surface area contributed by atoms with E-state index in [1.807, 2.05) is 0 Å². The molecular formula is C11H11N3O3. The van der Waals surface area contributed by atoms with E-state index in [0.717, 1.165) is 0 Å². The molecule has 6 heteroatoms. The molecular weight excluding hydrogens is 222 g/mol. The molecule has 0 radical (unpaired) electrons. The van der Waals surface area contributed by atoms with E-state index < -0.39 is 6.09 Å². The normalized spacial score (nSPS) is 10.2. The van der Waals surface area contributed by atoms with Crippen LogP contribution in [0.4, 0.5) is 10.5 Å². The standard InChI is InChI=1S/C11H11N3O3/c1-2-17-11(16)13-8-7-12-9-5-3-4-6-14(9)10(8)15/h3-7H,2H2,1H3,(H,13,16). The molecule has 0 atom stereocenters. The molecule has 0 bridgehead atoms. The zero-order chi connectivity index (χ0) is 12.3. The number of rotatable bonds is 2. The molecule has 2 heterocycles. The van der Waals surface area contributed by atoms with E-state index in [9.17, 15) is 9.59 Å². The number of nitrogens with zero attached hydrogens (tertiary/aromatic N) is 2. The molecule has 88 valence electrons. The minimum Gasteiger partial charge on any atom is -0.450 e. The molecule has 0 aliphatic carbocycles. The lowest BCUT2D eigenvalue weighted by Crippen LogP contribution is -2.23. The third kappa shape index (κ3) is 2.25. The predicted molar refractivity (Wildman–Crippen MR) is 62.1 cm³/mol. The average Bonchev–Trinajstić information content (AvgIpc) is 2.33. The monoisotopic (exact) mass is 233 g/mol. The lowest BCUT2D eigenvalue weighted by molar-refractivity contribution is 0.168. The first-order chi connectivity index (χ1) is 8.22. The molecule has 0 aromatic carbocycles. The Labute approximate surface area is 96.9 Å². The number of pyridine rings is 1. The lowest BCUT2D eigenvalue weighted by atomic mass is 10.4. The van der Waals surface area contributed by atoms with Crippen molar-refractivity contribution in [3.05, 3.63) is 40.9 Å². The Balaban J connectivity index is 2.39. The van der Waals surface area contributed by atoms with Gasteiger partial charge in [-0.15, -0.1) is 0 Å². The van der Waals surface area contributed by atoms with Gasteiger partial charge in [0.15, 0.2) is 0 Å². The fourth-order valence-electron chi connectivity index (χ4n) is 1.39. The van der Waals surface area contributed by atoms with Crippen LogP contribution in [-0.4, -0.2) is 22.1 Å². The van der Waals surface area contributed by atoms with Crippen LogP contribution >= 0.6 is 0 Å². The highest BCUT2D eigenvalue weighted by Gasteiger charge is 2.08. The Morgan fingerprint density at radius 1 is 1.53 bits per heavy atom. The van der Waals surface area contributed by atoms with Crippen LogP contribution in [0.5, 0.6) is 0 Å². The number of ether oxygens (including phenoxy) is 1. The molecule has 0 fully saturated rings. The summed E-state index contributed by atoms with van der Waals surface area (Å²) >= 11 is 0. The summed E-state index contributed by atoms with van der Waals surface area (Å²) in [5, 5.41) is 2.35. The van der Waals surface area contributed by atoms with Gasteiger partial charge in [-0.05, 0) is 19.1 Å². The molecule has 0 unspecified atom stereocenters. The number of carbonyl (C=O) groups is 1. The highest BCUT2D eigenvalue weighted by Crippen LogP contribution is 2.01. The summed E-state index contributed by atoms with van der Waals surface area (Å²) in [5.74, 6) is 0. The number of anilines is 1. The smallest absolute Gasteiger partial charge is 0.411 e. The van der Waals surface area contributed by atoms with Crippen LogP contribution in [0.3, 0.4) is 0 Å². The third-order valence-electron chi connectivity index (χ3n) is 2.13. The summed E-state index contributed by atoms with van der Waals surface area (Å²) in [7, 11) is 0. The van der Waals surface area contributed by atoms with Gasteiger partial charge in [0.1, 0.15) is 11.3 Å². The molecule has 2 aromatic rings. The number of hydrogen-bond acceptors (Lipinski definition) is 4. The van der Waals surface area contributed by atoms with Gasteiger partial charge in [0.05, 0.1) is 12.8 Å². The lowest BCUT2D eigenvalue weighted by Gasteiger charge is -2.05. The van der Waals surface area contributed by atoms with Crippen molar-refractivity contribution in [1.29, 1.82) is 0 Å². The number of nitrogens with one attached hydrogen (secondary N) is 1. The second-order valence-electron chi connectivity index (χ2n) is 3.25. The fraction of sp³-hybridized carbons (Fsp3) is 0.182. The van der Waals surface area contributed by atoms with Crippen molar-refractivity contribution in [2.75, 3.05) is 11.9 Å². The largest absolute Gasteiger partial charge is 0.450 e. The summed E-state index contributed by atoms with van der Waals surface area (Å²) in [5.41, 5.74) is 0.266. The zero-order valence-corrected chi connectivity index (χ0v) is 9.21. The van der Waals surface area contributed by atoms with Crippen LogP contribution in [0.1, 0.15) is 6.92 Å². The van der Waals surface area contributed by atoms with Crippen molar-refractivity contribution < 1.29 is 9.53 Å². The van der Waals surface area contributed by atoms with Crippen molar-refractivity contribution in [2.45, 2.75) is 6.92 Å². The molecule has 0 aliphatic rings. The van der Waals surface area contributed by atoms with Gasteiger partial charge in [-0.2, -0.15) is 0 Å². The van der Waals surface area contributed by atoms with Crippen molar-refractivity contribution >= 4 is 17.4 Å². The van der Waals surface area contributed by atoms with E-state index in [1.165, 1.54) is 10.6 Å². The Morgan fingerprint density at radius 3 is 3.12 bits per heavy atom. The minimum atomic E-state index is -0.665. The van der Waals surface area contributed by atoms with E-state index in [4.69, 9.17) is 0 Å². The Hall–Kier alpha value is -2.37. The molecule has 2 aromatic heterocycles. The number of hydrogen-bond donors (Lipinski definition) is 1. The molecule has 1 amide bonds. The molecule has 2 rings (SSSR count). The summed E-state index contributed by atoms with van der Waals surface area (Å²) in [6, 6.07) is 5.19. The summed E-state index contributed by atoms with van der Waals surface area (Å²) < 4.78 is 6.04. The molecule has 0 spiro atoms. The zero-order valence-electron chi connectivity index (χ0n) is 9.21. The predicted octanol–water partition coefficient (Wildman–Crippen LogP) is 1.26. The van der Waals surface area contributed by atoms with Crippen molar-refractivity contribution in [3.63, 3.8) is 0 Å². The second-order valence-corrected chi connectivity index (χ2v) is 3.25. The van der Waals surface area contributed by atoms with Crippen molar-refractivity contribution in [1.82, 2.24) is 9.38 Å². The van der Waals surface area contributed by atoms with Gasteiger partial charge in [-0.3, -0.25) is 14.5 Å². The third-order valence-corrected chi connectivity index (χ3v) is 2.13. The van der Waals surface area contributed by atoms with Gasteiger partial charge in [0.2, 0.25) is 0 Å². The van der Waals surface area contributed by atoms with Crippen LogP contribution < -0.4 is 10.9 Å². The van der Waals surface area contributed by atoms with Gasteiger partial charge in [-0.25, -0.2) is 9.78 Å². The second kappa shape index (κ2) is 4.65. The Bertz CT molecular complexity index is 606. The molecule has 0 saturated carbocycles. The quantitative estimate of drug-likeness (QED) is 0.847. The number of carbonyl (C=O) groups excluding carboxylic acids is 1. The van der Waals surface area contributed by atoms with Gasteiger partial charge in [-0.1, -0.05) is 6.07 Å². The van der Waals surface area contributed by atoms with Crippen LogP contribution in [0.2, 0.25) is 0 Å². The first kappa shape index (κ1) is 11.1. The van der Waals surface area contributed by atoms with Gasteiger partial charge < -0.3 is 4.74 Å². The SMILES string of the molecule is CCOC(=O)Nc1cnc2ccccn2c1=O. The topological polar surface area (TPSA) is 72.7 Å². The number of amides is 1. The first-order valence-corrected chi connectivity index (χ1v) is 5.12. The summed E-state index contributed by atoms with van der Waals surface area (Å²) in [6.45, 7) is 1.93. The van der Waals surface area contributed by atoms with E-state index in [0.29, 0.717) is 5.65 Å². The Kier molecular flexibility index (Phi) is 3.04. The average molecular weight is 233 g/mol. The molecule has 6 nitrogen and oxygen atoms in total. The number of fused-ring (bicyclic) bond motifs is 1. The highest BCUT2D eigenvalue weighted by atomic mass is 16.5. The highest BCUT2D eigenvalue weighted by molar-refractivity contribution is 5.84. The molecule has 1 N–H and O–H groups in total. The summed E-state index contributed by atoms with van der Waals surface area (Å²) in [6.07, 6.45) is 2.23. The van der Waals surface area contributed by atoms with Crippen molar-refractivity contribution in [3.8, 4) is 0 Å². The fourth-order valence-corrected chi connectivity index (χ4v) is 1.39. The van der Waals surface area contributed by atoms with Crippen LogP contribution in [0, 0.1) is 0 Å². The minimum absolute atomic E-state index is 0.0900. The summed E-state index contributed by atoms with van der Waals surface area (Å²) in [4.78, 5) is 27.2. The van der Waals surface area contributed by atoms with E-state index in [-0.39, 0.29) is 17.9 Å². The van der Waals surface area contributed by atoms with E-state index >= 15 is 0 Å². The molecule has 17 heavy (non-hydrogen) atoms. The van der Waals surface area contributed by atoms with Gasteiger partial charge >= 0.3 is 6.09 Å². The van der Waals surface area contributed by atoms with E-state index in [1.54, 1.807) is 31.3 Å². The van der Waals surface area contributed by atoms with Crippen molar-refractivity contribution in [2.24, 2.45) is 0 Å². The van der Waals surface area contributed by atoms with Crippen LogP contribution in [-0.2, 0) is 4.74 Å². The number of aromatic nitrogens is 2. The molecule has 0 saturated heterocycles. The van der Waals surface area contributed by atoms with Gasteiger partial charge in [0, 0.05) is 6.20 Å². The van der Waals surface area contributed by atoms with Crippen LogP contribution in [0.25, 0.3) is 5.65 Å². The maximum Gasteiger partial charge on any atom is 0.411 e. The molecule has 0 aliphatic heterocycles. The first-order valence-electron chi connectivity index (χ1n) is 5.12. The maximum absolute atomic E-state index is 11.9. The van der Waals surface area contributed by atoms with Gasteiger partial charge in [0.25, 0.3) is 5.56 Å².